The fraction of sp³-hybridized carbons (Fsp3) is 0.304. The Kier molecular flexibility index (Phi) is 6.84. The Bertz CT molecular complexity index is 1050. The minimum atomic E-state index is -0.531. The molecule has 9 heteroatoms. The summed E-state index contributed by atoms with van der Waals surface area (Å²) in [5, 5.41) is 5.62. The van der Waals surface area contributed by atoms with Gasteiger partial charge in [0.15, 0.2) is 5.17 Å². The standard InChI is InChI=1S/C23H23FN4O3S/c24-16-7-9-17(10-8-16)26-21(30)15-5-4-6-18(13-15)25-20(29)14-19-22(31)27-23(32-19)28-11-2-1-3-12-28/h4-10,13,19H,1-3,11-12,14H2,(H,25,29)(H,26,30). The van der Waals surface area contributed by atoms with Gasteiger partial charge < -0.3 is 15.5 Å². The number of nitrogens with zero attached hydrogens (tertiary/aromatic N) is 2. The molecule has 0 aliphatic carbocycles. The smallest absolute Gasteiger partial charge is 0.262 e. The molecule has 4 rings (SSSR count). The Balaban J connectivity index is 1.32. The molecule has 0 aromatic heterocycles. The van der Waals surface area contributed by atoms with E-state index in [4.69, 9.17) is 0 Å². The average molecular weight is 455 g/mol. The van der Waals surface area contributed by atoms with E-state index in [0.29, 0.717) is 22.1 Å². The topological polar surface area (TPSA) is 90.9 Å². The number of amides is 3. The fourth-order valence-corrected chi connectivity index (χ4v) is 4.70. The Hall–Kier alpha value is -3.20. The van der Waals surface area contributed by atoms with E-state index in [0.717, 1.165) is 25.9 Å². The zero-order valence-corrected chi connectivity index (χ0v) is 18.2. The van der Waals surface area contributed by atoms with Crippen molar-refractivity contribution in [1.29, 1.82) is 0 Å². The molecule has 2 aliphatic heterocycles. The van der Waals surface area contributed by atoms with E-state index in [1.54, 1.807) is 24.3 Å². The average Bonchev–Trinajstić information content (AvgIpc) is 3.16. The molecule has 2 aromatic carbocycles. The van der Waals surface area contributed by atoms with Crippen LogP contribution in [0.5, 0.6) is 0 Å². The van der Waals surface area contributed by atoms with E-state index in [2.05, 4.69) is 20.5 Å². The molecule has 0 saturated carbocycles. The third kappa shape index (κ3) is 5.53. The van der Waals surface area contributed by atoms with Crippen LogP contribution in [0.15, 0.2) is 53.5 Å². The van der Waals surface area contributed by atoms with Crippen LogP contribution in [0.1, 0.15) is 36.0 Å². The van der Waals surface area contributed by atoms with E-state index in [9.17, 15) is 18.8 Å². The number of carbonyl (C=O) groups is 3. The van der Waals surface area contributed by atoms with E-state index in [-0.39, 0.29) is 30.0 Å². The number of anilines is 2. The van der Waals surface area contributed by atoms with Crippen molar-refractivity contribution in [2.45, 2.75) is 30.9 Å². The number of hydrogen-bond acceptors (Lipinski definition) is 5. The van der Waals surface area contributed by atoms with Gasteiger partial charge in [-0.2, -0.15) is 4.99 Å². The number of piperidine rings is 1. The molecule has 0 radical (unpaired) electrons. The first kappa shape index (κ1) is 22.0. The molecule has 2 N–H and O–H groups in total. The Morgan fingerprint density at radius 3 is 2.53 bits per heavy atom. The number of nitrogens with one attached hydrogen (secondary N) is 2. The maximum Gasteiger partial charge on any atom is 0.262 e. The molecule has 1 unspecified atom stereocenters. The lowest BCUT2D eigenvalue weighted by Gasteiger charge is -2.27. The van der Waals surface area contributed by atoms with Crippen LogP contribution >= 0.6 is 11.8 Å². The van der Waals surface area contributed by atoms with Crippen molar-refractivity contribution in [3.63, 3.8) is 0 Å². The summed E-state index contributed by atoms with van der Waals surface area (Å²) in [6.07, 6.45) is 3.37. The van der Waals surface area contributed by atoms with E-state index < -0.39 is 5.25 Å². The molecule has 0 bridgehead atoms. The minimum absolute atomic E-state index is 0.0103. The summed E-state index contributed by atoms with van der Waals surface area (Å²) in [5.41, 5.74) is 1.26. The zero-order chi connectivity index (χ0) is 22.5. The van der Waals surface area contributed by atoms with Gasteiger partial charge in [-0.05, 0) is 61.7 Å². The third-order valence-corrected chi connectivity index (χ3v) is 6.45. The van der Waals surface area contributed by atoms with Gasteiger partial charge in [0.25, 0.3) is 11.8 Å². The van der Waals surface area contributed by atoms with Crippen molar-refractivity contribution in [3.05, 3.63) is 59.9 Å². The molecule has 0 spiro atoms. The molecular weight excluding hydrogens is 431 g/mol. The van der Waals surface area contributed by atoms with Gasteiger partial charge in [-0.25, -0.2) is 4.39 Å². The summed E-state index contributed by atoms with van der Waals surface area (Å²) >= 11 is 1.35. The first-order valence-corrected chi connectivity index (χ1v) is 11.4. The van der Waals surface area contributed by atoms with Crippen LogP contribution in [0.3, 0.4) is 0 Å². The van der Waals surface area contributed by atoms with Crippen LogP contribution in [0.25, 0.3) is 0 Å². The maximum atomic E-state index is 13.0. The monoisotopic (exact) mass is 454 g/mol. The second kappa shape index (κ2) is 9.95. The molecule has 2 aromatic rings. The fourth-order valence-electron chi connectivity index (χ4n) is 3.58. The quantitative estimate of drug-likeness (QED) is 0.715. The first-order chi connectivity index (χ1) is 15.5. The second-order valence-corrected chi connectivity index (χ2v) is 8.85. The number of benzene rings is 2. The summed E-state index contributed by atoms with van der Waals surface area (Å²) < 4.78 is 13.0. The van der Waals surface area contributed by atoms with Crippen molar-refractivity contribution >= 4 is 46.0 Å². The lowest BCUT2D eigenvalue weighted by atomic mass is 10.1. The largest absolute Gasteiger partial charge is 0.351 e. The highest BCUT2D eigenvalue weighted by Crippen LogP contribution is 2.29. The van der Waals surface area contributed by atoms with Gasteiger partial charge in [0.05, 0.1) is 0 Å². The Morgan fingerprint density at radius 1 is 1.03 bits per heavy atom. The van der Waals surface area contributed by atoms with Gasteiger partial charge in [-0.15, -0.1) is 0 Å². The van der Waals surface area contributed by atoms with Crippen LogP contribution in [0.4, 0.5) is 15.8 Å². The van der Waals surface area contributed by atoms with Gasteiger partial charge in [0.2, 0.25) is 5.91 Å². The summed E-state index contributed by atoms with van der Waals surface area (Å²) in [6, 6.07) is 11.9. The number of thioether (sulfide) groups is 1. The van der Waals surface area contributed by atoms with E-state index in [1.165, 1.54) is 42.4 Å². The van der Waals surface area contributed by atoms with Crippen molar-refractivity contribution in [1.82, 2.24) is 4.90 Å². The number of hydrogen-bond donors (Lipinski definition) is 2. The predicted octanol–water partition coefficient (Wildman–Crippen LogP) is 3.89. The second-order valence-electron chi connectivity index (χ2n) is 7.68. The Morgan fingerprint density at radius 2 is 1.78 bits per heavy atom. The van der Waals surface area contributed by atoms with Crippen molar-refractivity contribution < 1.29 is 18.8 Å². The molecule has 1 atom stereocenters. The van der Waals surface area contributed by atoms with Crippen LogP contribution < -0.4 is 10.6 Å². The highest BCUT2D eigenvalue weighted by Gasteiger charge is 2.33. The minimum Gasteiger partial charge on any atom is -0.351 e. The number of rotatable bonds is 5. The number of aliphatic imine (C=N–C) groups is 1. The van der Waals surface area contributed by atoms with Crippen molar-refractivity contribution in [2.75, 3.05) is 23.7 Å². The van der Waals surface area contributed by atoms with Crippen molar-refractivity contribution in [3.8, 4) is 0 Å². The zero-order valence-electron chi connectivity index (χ0n) is 17.3. The molecule has 2 aliphatic rings. The Labute approximate surface area is 189 Å². The molecule has 3 amide bonds. The molecule has 166 valence electrons. The molecule has 2 heterocycles. The number of amidine groups is 1. The lowest BCUT2D eigenvalue weighted by molar-refractivity contribution is -0.121. The van der Waals surface area contributed by atoms with Gasteiger partial charge in [-0.3, -0.25) is 14.4 Å². The molecule has 7 nitrogen and oxygen atoms in total. The van der Waals surface area contributed by atoms with Crippen molar-refractivity contribution in [2.24, 2.45) is 4.99 Å². The highest BCUT2D eigenvalue weighted by atomic mass is 32.2. The van der Waals surface area contributed by atoms with Crippen LogP contribution in [-0.2, 0) is 9.59 Å². The summed E-state index contributed by atoms with van der Waals surface area (Å²) in [6.45, 7) is 1.79. The number of carbonyl (C=O) groups excluding carboxylic acids is 3. The first-order valence-electron chi connectivity index (χ1n) is 10.5. The van der Waals surface area contributed by atoms with Crippen LogP contribution in [-0.4, -0.2) is 46.1 Å². The normalized spacial score (nSPS) is 18.3. The SMILES string of the molecule is O=C(CC1SC(N2CCCCC2)=NC1=O)Nc1cccc(C(=O)Nc2ccc(F)cc2)c1. The molecule has 32 heavy (non-hydrogen) atoms. The van der Waals surface area contributed by atoms with E-state index in [1.807, 2.05) is 0 Å². The molecule has 1 fully saturated rings. The number of halogens is 1. The van der Waals surface area contributed by atoms with Crippen LogP contribution in [0.2, 0.25) is 0 Å². The number of likely N-dealkylation sites (tertiary alicyclic amines) is 1. The third-order valence-electron chi connectivity index (χ3n) is 5.24. The predicted molar refractivity (Wildman–Crippen MR) is 123 cm³/mol. The van der Waals surface area contributed by atoms with Gasteiger partial charge in [-0.1, -0.05) is 17.8 Å². The summed E-state index contributed by atoms with van der Waals surface area (Å²) in [4.78, 5) is 43.5. The van der Waals surface area contributed by atoms with Gasteiger partial charge in [0.1, 0.15) is 11.1 Å². The molecular formula is C23H23FN4O3S. The highest BCUT2D eigenvalue weighted by molar-refractivity contribution is 8.15. The summed E-state index contributed by atoms with van der Waals surface area (Å²) in [5.74, 6) is -1.37. The van der Waals surface area contributed by atoms with Gasteiger partial charge in [0, 0.05) is 36.4 Å². The summed E-state index contributed by atoms with van der Waals surface area (Å²) in [7, 11) is 0. The molecule has 1 saturated heterocycles. The van der Waals surface area contributed by atoms with Crippen LogP contribution in [0, 0.1) is 5.82 Å². The maximum absolute atomic E-state index is 13.0. The van der Waals surface area contributed by atoms with Gasteiger partial charge >= 0.3 is 0 Å². The van der Waals surface area contributed by atoms with E-state index >= 15 is 0 Å². The lowest BCUT2D eigenvalue weighted by Crippen LogP contribution is -2.33.